The number of rotatable bonds is 7. The van der Waals surface area contributed by atoms with Gasteiger partial charge in [0.2, 0.25) is 0 Å². The number of benzene rings is 2. The van der Waals surface area contributed by atoms with Crippen molar-refractivity contribution in [2.45, 2.75) is 75.7 Å². The van der Waals surface area contributed by atoms with Crippen molar-refractivity contribution < 1.29 is 24.1 Å². The molecule has 2 nitrogen and oxygen atoms in total. The molecule has 0 radical (unpaired) electrons. The van der Waals surface area contributed by atoms with Crippen LogP contribution in [0.25, 0.3) is 6.08 Å². The molecular weight excluding hydrogens is 550 g/mol. The van der Waals surface area contributed by atoms with Crippen molar-refractivity contribution >= 4 is 21.6 Å². The predicted molar refractivity (Wildman–Crippen MR) is 132 cm³/mol. The first-order valence-corrected chi connectivity index (χ1v) is 12.5. The second-order valence-corrected chi connectivity index (χ2v) is 11.0. The van der Waals surface area contributed by atoms with E-state index >= 15 is 0 Å². The Morgan fingerprint density at radius 1 is 0.806 bits per heavy atom. The SMILES string of the molecule is C[C](=[W])N(CCC(=O)/C=C/c1c(C)c(C)c(C)c(C)c1C)c1cc(C)c(C)c(C)c1C. The van der Waals surface area contributed by atoms with Gasteiger partial charge in [-0.25, -0.2) is 0 Å². The fourth-order valence-corrected chi connectivity index (χ4v) is 4.86. The molecule has 0 aliphatic carbocycles. The van der Waals surface area contributed by atoms with Crippen LogP contribution in [0.4, 0.5) is 5.69 Å². The molecule has 0 amide bonds. The molecule has 0 unspecified atom stereocenters. The third kappa shape index (κ3) is 5.34. The van der Waals surface area contributed by atoms with Crippen molar-refractivity contribution in [2.24, 2.45) is 0 Å². The van der Waals surface area contributed by atoms with Crippen LogP contribution in [-0.4, -0.2) is 16.3 Å². The molecule has 0 bridgehead atoms. The molecule has 0 atom stereocenters. The van der Waals surface area contributed by atoms with E-state index in [9.17, 15) is 4.79 Å². The van der Waals surface area contributed by atoms with Gasteiger partial charge in [0.15, 0.2) is 0 Å². The number of ketones is 1. The average molecular weight is 587 g/mol. The number of nitrogens with zero attached hydrogens (tertiary/aromatic N) is 1. The van der Waals surface area contributed by atoms with Gasteiger partial charge in [-0.3, -0.25) is 0 Å². The number of allylic oxidation sites excluding steroid dienone is 1. The Morgan fingerprint density at radius 2 is 1.29 bits per heavy atom. The van der Waals surface area contributed by atoms with Crippen LogP contribution in [0.5, 0.6) is 0 Å². The van der Waals surface area contributed by atoms with E-state index in [0.29, 0.717) is 13.0 Å². The molecule has 31 heavy (non-hydrogen) atoms. The van der Waals surface area contributed by atoms with Gasteiger partial charge in [-0.2, -0.15) is 0 Å². The molecule has 2 aromatic carbocycles. The van der Waals surface area contributed by atoms with Crippen LogP contribution in [0, 0.1) is 62.3 Å². The van der Waals surface area contributed by atoms with Crippen molar-refractivity contribution in [3.8, 4) is 0 Å². The van der Waals surface area contributed by atoms with E-state index in [0.717, 1.165) is 0 Å². The Kier molecular flexibility index (Phi) is 8.39. The molecule has 3 heteroatoms. The molecule has 2 rings (SSSR count). The number of aryl methyl sites for hydroxylation is 1. The Bertz CT molecular complexity index is 1050. The zero-order chi connectivity index (χ0) is 23.6. The molecule has 0 fully saturated rings. The number of carbonyl (C=O) groups excluding carboxylic acids is 1. The standard InChI is InChI=1S/C28H37NO.W/c1-11-29(28-16-17(2)18(3)19(4)25(28)10)15-14-26(30)12-13-27-23(8)21(6)20(5)22(7)24(27)9;/h12-13,16H,14-15H2,1-10H3;/b13-12+;. The van der Waals surface area contributed by atoms with Crippen molar-refractivity contribution in [2.75, 3.05) is 11.4 Å². The monoisotopic (exact) mass is 587 g/mol. The van der Waals surface area contributed by atoms with E-state index in [2.05, 4.69) is 80.2 Å². The van der Waals surface area contributed by atoms with E-state index in [-0.39, 0.29) is 5.78 Å². The molecule has 0 saturated heterocycles. The second-order valence-electron chi connectivity index (χ2n) is 8.85. The number of hydrogen-bond donors (Lipinski definition) is 0. The van der Waals surface area contributed by atoms with Gasteiger partial charge in [0, 0.05) is 0 Å². The zero-order valence-electron chi connectivity index (χ0n) is 20.9. The van der Waals surface area contributed by atoms with E-state index < -0.39 is 0 Å². The van der Waals surface area contributed by atoms with Gasteiger partial charge in [0.1, 0.15) is 0 Å². The first-order valence-electron chi connectivity index (χ1n) is 11.0. The molecular formula is C28H37NOW. The summed E-state index contributed by atoms with van der Waals surface area (Å²) in [6, 6.07) is 2.27. The fourth-order valence-electron chi connectivity index (χ4n) is 4.18. The van der Waals surface area contributed by atoms with E-state index in [1.807, 2.05) is 6.08 Å². The summed E-state index contributed by atoms with van der Waals surface area (Å²) in [5.41, 5.74) is 14.3. The number of hydrogen-bond acceptors (Lipinski definition) is 2. The first-order chi connectivity index (χ1) is 14.4. The summed E-state index contributed by atoms with van der Waals surface area (Å²) in [7, 11) is 0. The van der Waals surface area contributed by atoms with Crippen molar-refractivity contribution in [1.29, 1.82) is 0 Å². The van der Waals surface area contributed by atoms with Gasteiger partial charge in [0.25, 0.3) is 0 Å². The second kappa shape index (κ2) is 10.2. The molecule has 0 spiro atoms. The van der Waals surface area contributed by atoms with Crippen LogP contribution in [-0.2, 0) is 24.1 Å². The first kappa shape index (κ1) is 25.5. The van der Waals surface area contributed by atoms with Crippen LogP contribution in [0.3, 0.4) is 0 Å². The normalized spacial score (nSPS) is 11.3. The van der Waals surface area contributed by atoms with Gasteiger partial charge in [-0.15, -0.1) is 0 Å². The third-order valence-corrected chi connectivity index (χ3v) is 7.99. The summed E-state index contributed by atoms with van der Waals surface area (Å²) in [6.07, 6.45) is 4.31. The van der Waals surface area contributed by atoms with Crippen LogP contribution in [0.1, 0.15) is 69.0 Å². The summed E-state index contributed by atoms with van der Waals surface area (Å²) in [6.45, 7) is 22.5. The summed E-state index contributed by atoms with van der Waals surface area (Å²) >= 11 is 1.44. The van der Waals surface area contributed by atoms with Gasteiger partial charge in [-0.05, 0) is 0 Å². The summed E-state index contributed by atoms with van der Waals surface area (Å²) < 4.78 is 1.29. The fraction of sp³-hybridized carbons (Fsp3) is 0.429. The predicted octanol–water partition coefficient (Wildman–Crippen LogP) is 6.64. The van der Waals surface area contributed by atoms with Crippen LogP contribution in [0.2, 0.25) is 0 Å². The molecule has 0 aromatic heterocycles. The topological polar surface area (TPSA) is 20.3 Å². The molecule has 0 aliphatic heterocycles. The van der Waals surface area contributed by atoms with Crippen LogP contribution < -0.4 is 4.90 Å². The minimum atomic E-state index is 0.175. The Labute approximate surface area is 200 Å². The van der Waals surface area contributed by atoms with E-state index in [1.54, 1.807) is 6.08 Å². The molecule has 0 saturated carbocycles. The van der Waals surface area contributed by atoms with Gasteiger partial charge in [0.05, 0.1) is 0 Å². The molecule has 0 aliphatic rings. The van der Waals surface area contributed by atoms with E-state index in [1.165, 1.54) is 84.7 Å². The summed E-state index contributed by atoms with van der Waals surface area (Å²) in [4.78, 5) is 15.1. The van der Waals surface area contributed by atoms with Crippen molar-refractivity contribution in [1.82, 2.24) is 0 Å². The van der Waals surface area contributed by atoms with Crippen LogP contribution in [0.15, 0.2) is 12.1 Å². The molecule has 0 N–H and O–H groups in total. The Hall–Kier alpha value is -1.79. The van der Waals surface area contributed by atoms with Crippen molar-refractivity contribution in [3.05, 3.63) is 67.8 Å². The Morgan fingerprint density at radius 3 is 1.81 bits per heavy atom. The third-order valence-electron chi connectivity index (χ3n) is 7.20. The quantitative estimate of drug-likeness (QED) is 0.339. The summed E-state index contributed by atoms with van der Waals surface area (Å²) in [5.74, 6) is 0.175. The molecule has 166 valence electrons. The van der Waals surface area contributed by atoms with Gasteiger partial charge >= 0.3 is 201 Å². The van der Waals surface area contributed by atoms with Gasteiger partial charge in [-0.1, -0.05) is 0 Å². The maximum absolute atomic E-state index is 12.8. The summed E-state index contributed by atoms with van der Waals surface area (Å²) in [5, 5.41) is 0. The van der Waals surface area contributed by atoms with Gasteiger partial charge < -0.3 is 0 Å². The number of anilines is 1. The molecule has 2 aromatic rings. The average Bonchev–Trinajstić information content (AvgIpc) is 2.72. The van der Waals surface area contributed by atoms with Crippen LogP contribution >= 0.6 is 0 Å². The zero-order valence-corrected chi connectivity index (χ0v) is 23.8. The van der Waals surface area contributed by atoms with E-state index in [4.69, 9.17) is 0 Å². The number of carbonyl (C=O) groups is 1. The molecule has 0 heterocycles. The Balaban J connectivity index is 2.25. The minimum absolute atomic E-state index is 0.175. The van der Waals surface area contributed by atoms with Crippen molar-refractivity contribution in [3.63, 3.8) is 0 Å². The maximum atomic E-state index is 12.8.